The van der Waals surface area contributed by atoms with E-state index in [-0.39, 0.29) is 23.0 Å². The number of aromatic nitrogens is 4. The van der Waals surface area contributed by atoms with Crippen molar-refractivity contribution in [1.82, 2.24) is 24.2 Å². The Hall–Kier alpha value is -3.40. The maximum absolute atomic E-state index is 13.5. The molecule has 1 unspecified atom stereocenters. The second-order valence-electron chi connectivity index (χ2n) is 8.05. The minimum absolute atomic E-state index is 0.0192. The van der Waals surface area contributed by atoms with Gasteiger partial charge in [-0.05, 0) is 48.6 Å². The van der Waals surface area contributed by atoms with Crippen molar-refractivity contribution in [1.29, 1.82) is 0 Å². The Balaban J connectivity index is 1.59. The summed E-state index contributed by atoms with van der Waals surface area (Å²) in [6.45, 7) is 0. The molecule has 2 amide bonds. The Bertz CT molecular complexity index is 1210. The van der Waals surface area contributed by atoms with E-state index in [1.165, 1.54) is 34.1 Å². The number of carbonyl (C=O) groups excluding carboxylic acids is 2. The van der Waals surface area contributed by atoms with E-state index in [0.29, 0.717) is 17.8 Å². The van der Waals surface area contributed by atoms with Gasteiger partial charge < -0.3 is 19.5 Å². The number of hydrogen-bond donors (Lipinski definition) is 1. The third-order valence-electron chi connectivity index (χ3n) is 5.74. The maximum atomic E-state index is 13.5. The van der Waals surface area contributed by atoms with E-state index in [0.717, 1.165) is 30.4 Å². The van der Waals surface area contributed by atoms with E-state index >= 15 is 0 Å². The van der Waals surface area contributed by atoms with Crippen molar-refractivity contribution in [2.24, 2.45) is 14.1 Å². The highest BCUT2D eigenvalue weighted by molar-refractivity contribution is 6.31. The fraction of sp³-hybridized carbons (Fsp3) is 0.364. The highest BCUT2D eigenvalue weighted by atomic mass is 35.5. The molecule has 1 aliphatic rings. The Morgan fingerprint density at radius 3 is 2.79 bits per heavy atom. The van der Waals surface area contributed by atoms with Crippen LogP contribution in [0.1, 0.15) is 46.9 Å². The van der Waals surface area contributed by atoms with E-state index in [2.05, 4.69) is 15.4 Å². The largest absolute Gasteiger partial charge is 0.417 e. The lowest BCUT2D eigenvalue weighted by atomic mass is 10.0. The van der Waals surface area contributed by atoms with Gasteiger partial charge in [-0.3, -0.25) is 9.48 Å². The second-order valence-corrected chi connectivity index (χ2v) is 8.45. The van der Waals surface area contributed by atoms with Crippen LogP contribution in [0.15, 0.2) is 30.7 Å². The average molecular weight is 475 g/mol. The molecule has 2 aromatic heterocycles. The van der Waals surface area contributed by atoms with E-state index < -0.39 is 11.9 Å². The van der Waals surface area contributed by atoms with Gasteiger partial charge in [0.1, 0.15) is 17.8 Å². The normalized spacial score (nSPS) is 15.5. The molecule has 174 valence electrons. The summed E-state index contributed by atoms with van der Waals surface area (Å²) in [7, 11) is 5.13. The molecule has 0 saturated carbocycles. The lowest BCUT2D eigenvalue weighted by Gasteiger charge is -2.26. The lowest BCUT2D eigenvalue weighted by molar-refractivity contribution is 0.101. The van der Waals surface area contributed by atoms with E-state index in [1.54, 1.807) is 25.7 Å². The zero-order chi connectivity index (χ0) is 23.7. The summed E-state index contributed by atoms with van der Waals surface area (Å²) in [6, 6.07) is 3.74. The molecule has 33 heavy (non-hydrogen) atoms. The van der Waals surface area contributed by atoms with E-state index in [4.69, 9.17) is 16.3 Å². The molecule has 0 fully saturated rings. The summed E-state index contributed by atoms with van der Waals surface area (Å²) >= 11 is 5.84. The Labute approximate surface area is 195 Å². The summed E-state index contributed by atoms with van der Waals surface area (Å²) in [4.78, 5) is 31.3. The molecule has 1 N–H and O–H groups in total. The van der Waals surface area contributed by atoms with Crippen LogP contribution in [0.2, 0.25) is 5.02 Å². The predicted molar refractivity (Wildman–Crippen MR) is 120 cm³/mol. The molecule has 0 spiro atoms. The quantitative estimate of drug-likeness (QED) is 0.574. The molecular formula is C22H24ClFN6O3. The van der Waals surface area contributed by atoms with Crippen LogP contribution in [0.25, 0.3) is 0 Å². The van der Waals surface area contributed by atoms with Crippen LogP contribution in [0.4, 0.5) is 14.9 Å². The van der Waals surface area contributed by atoms with Crippen LogP contribution in [0.3, 0.4) is 0 Å². The number of ether oxygens (including phenoxy) is 1. The predicted octanol–water partition coefficient (Wildman–Crippen LogP) is 4.10. The van der Waals surface area contributed by atoms with Crippen molar-refractivity contribution >= 4 is 29.3 Å². The van der Waals surface area contributed by atoms with Gasteiger partial charge in [0.15, 0.2) is 0 Å². The van der Waals surface area contributed by atoms with Gasteiger partial charge >= 0.3 is 12.1 Å². The van der Waals surface area contributed by atoms with Crippen molar-refractivity contribution in [3.63, 3.8) is 0 Å². The Kier molecular flexibility index (Phi) is 6.37. The van der Waals surface area contributed by atoms with Crippen LogP contribution >= 0.6 is 11.6 Å². The topological polar surface area (TPSA) is 94.3 Å². The van der Waals surface area contributed by atoms with Crippen molar-refractivity contribution in [3.05, 3.63) is 58.4 Å². The highest BCUT2D eigenvalue weighted by Crippen LogP contribution is 2.36. The number of carbonyl (C=O) groups is 2. The molecule has 3 aromatic rings. The van der Waals surface area contributed by atoms with Crippen molar-refractivity contribution in [3.8, 4) is 6.01 Å². The van der Waals surface area contributed by atoms with Gasteiger partial charge in [0, 0.05) is 33.0 Å². The SMILES string of the molecule is CN(C(=O)Oc1ncn(C)n1)C1CCCCc2c1cn(C)c2C(=O)Nc1ccc(F)c(Cl)c1. The molecule has 11 heteroatoms. The zero-order valence-electron chi connectivity index (χ0n) is 18.5. The first-order valence-electron chi connectivity index (χ1n) is 10.5. The highest BCUT2D eigenvalue weighted by Gasteiger charge is 2.32. The Morgan fingerprint density at radius 1 is 1.30 bits per heavy atom. The summed E-state index contributed by atoms with van der Waals surface area (Å²) in [5.74, 6) is -0.883. The molecular weight excluding hydrogens is 451 g/mol. The maximum Gasteiger partial charge on any atom is 0.417 e. The van der Waals surface area contributed by atoms with Crippen LogP contribution in [-0.2, 0) is 20.5 Å². The summed E-state index contributed by atoms with van der Waals surface area (Å²) in [5, 5.41) is 6.70. The molecule has 2 heterocycles. The first kappa shape index (κ1) is 22.8. The van der Waals surface area contributed by atoms with Crippen LogP contribution in [-0.4, -0.2) is 43.3 Å². The first-order chi connectivity index (χ1) is 15.7. The van der Waals surface area contributed by atoms with Crippen molar-refractivity contribution in [2.45, 2.75) is 31.7 Å². The smallest absolute Gasteiger partial charge is 0.373 e. The number of hydrogen-bond acceptors (Lipinski definition) is 5. The van der Waals surface area contributed by atoms with Gasteiger partial charge in [-0.2, -0.15) is 4.98 Å². The molecule has 1 aromatic carbocycles. The minimum atomic E-state index is -0.574. The zero-order valence-corrected chi connectivity index (χ0v) is 19.3. The Morgan fingerprint density at radius 2 is 2.09 bits per heavy atom. The van der Waals surface area contributed by atoms with Crippen molar-refractivity contribution < 1.29 is 18.7 Å². The fourth-order valence-electron chi connectivity index (χ4n) is 4.15. The van der Waals surface area contributed by atoms with Crippen LogP contribution in [0.5, 0.6) is 6.01 Å². The number of halogens is 2. The number of fused-ring (bicyclic) bond motifs is 1. The standard InChI is InChI=1S/C22H24ClFN6O3/c1-28-11-15-14(19(28)20(31)26-13-8-9-17(24)16(23)10-13)6-4-5-7-18(15)30(3)22(32)33-21-25-12-29(2)27-21/h8-12,18H,4-7H2,1-3H3,(H,26,31). The van der Waals surface area contributed by atoms with E-state index in [1.807, 2.05) is 6.20 Å². The number of nitrogens with zero attached hydrogens (tertiary/aromatic N) is 5. The molecule has 1 aliphatic carbocycles. The van der Waals surface area contributed by atoms with Gasteiger partial charge in [-0.25, -0.2) is 9.18 Å². The molecule has 0 aliphatic heterocycles. The average Bonchev–Trinajstić information content (AvgIpc) is 3.25. The van der Waals surface area contributed by atoms with Gasteiger partial charge in [-0.15, -0.1) is 5.10 Å². The third-order valence-corrected chi connectivity index (χ3v) is 6.03. The number of aryl methyl sites for hydroxylation is 2. The summed E-state index contributed by atoms with van der Waals surface area (Å²) in [5.41, 5.74) is 2.66. The minimum Gasteiger partial charge on any atom is -0.373 e. The lowest BCUT2D eigenvalue weighted by Crippen LogP contribution is -2.34. The summed E-state index contributed by atoms with van der Waals surface area (Å²) < 4.78 is 22.0. The number of amides is 2. The van der Waals surface area contributed by atoms with Gasteiger partial charge in [0.2, 0.25) is 0 Å². The molecule has 0 radical (unpaired) electrons. The first-order valence-corrected chi connectivity index (χ1v) is 10.9. The second kappa shape index (κ2) is 9.22. The monoisotopic (exact) mass is 474 g/mol. The fourth-order valence-corrected chi connectivity index (χ4v) is 4.33. The molecule has 0 saturated heterocycles. The van der Waals surface area contributed by atoms with Crippen LogP contribution < -0.4 is 10.1 Å². The number of benzene rings is 1. The number of rotatable bonds is 4. The van der Waals surface area contributed by atoms with Crippen LogP contribution in [0, 0.1) is 5.82 Å². The molecule has 1 atom stereocenters. The molecule has 9 nitrogen and oxygen atoms in total. The van der Waals surface area contributed by atoms with Crippen molar-refractivity contribution in [2.75, 3.05) is 12.4 Å². The summed E-state index contributed by atoms with van der Waals surface area (Å²) in [6.07, 6.45) is 5.94. The molecule has 0 bridgehead atoms. The van der Waals surface area contributed by atoms with E-state index in [9.17, 15) is 14.0 Å². The molecule has 4 rings (SSSR count). The van der Waals surface area contributed by atoms with Gasteiger partial charge in [0.05, 0.1) is 11.1 Å². The van der Waals surface area contributed by atoms with Gasteiger partial charge in [0.25, 0.3) is 5.91 Å². The van der Waals surface area contributed by atoms with Gasteiger partial charge in [-0.1, -0.05) is 18.0 Å². The number of nitrogens with one attached hydrogen (secondary N) is 1. The third kappa shape index (κ3) is 4.70. The number of anilines is 1.